The molecule has 0 bridgehead atoms. The summed E-state index contributed by atoms with van der Waals surface area (Å²) in [5.74, 6) is -1.89. The van der Waals surface area contributed by atoms with E-state index >= 15 is 0 Å². The summed E-state index contributed by atoms with van der Waals surface area (Å²) in [7, 11) is 0. The van der Waals surface area contributed by atoms with Crippen molar-refractivity contribution in [1.29, 1.82) is 0 Å². The normalized spacial score (nSPS) is 9.54. The van der Waals surface area contributed by atoms with E-state index in [0.717, 1.165) is 0 Å². The van der Waals surface area contributed by atoms with Gasteiger partial charge in [-0.25, -0.2) is 4.79 Å². The zero-order valence-corrected chi connectivity index (χ0v) is 7.06. The van der Waals surface area contributed by atoms with Gasteiger partial charge in [0.25, 0.3) is 0 Å². The minimum absolute atomic E-state index is 0.0483. The SMILES string of the molecule is O=C(O)CCCCCC(=O)[N+](=O)[O-]. The molecule has 0 fully saturated rings. The van der Waals surface area contributed by atoms with Crippen molar-refractivity contribution < 1.29 is 19.6 Å². The van der Waals surface area contributed by atoms with Crippen molar-refractivity contribution in [3.63, 3.8) is 0 Å². The summed E-state index contributed by atoms with van der Waals surface area (Å²) in [4.78, 5) is 29.3. The van der Waals surface area contributed by atoms with E-state index in [-0.39, 0.29) is 12.8 Å². The first-order chi connectivity index (χ1) is 6.04. The lowest BCUT2D eigenvalue weighted by Crippen LogP contribution is -2.10. The van der Waals surface area contributed by atoms with Crippen molar-refractivity contribution in [3.05, 3.63) is 10.1 Å². The van der Waals surface area contributed by atoms with Crippen molar-refractivity contribution >= 4 is 11.9 Å². The standard InChI is InChI=1S/C7H11NO5/c9-6(8(12)13)4-2-1-3-5-7(10)11/h1-5H2,(H,10,11). The number of amides is 1. The Morgan fingerprint density at radius 2 is 1.69 bits per heavy atom. The van der Waals surface area contributed by atoms with Crippen molar-refractivity contribution in [1.82, 2.24) is 0 Å². The monoisotopic (exact) mass is 189 g/mol. The van der Waals surface area contributed by atoms with E-state index in [1.165, 1.54) is 0 Å². The fourth-order valence-electron chi connectivity index (χ4n) is 0.821. The van der Waals surface area contributed by atoms with Gasteiger partial charge in [0, 0.05) is 6.42 Å². The van der Waals surface area contributed by atoms with Crippen molar-refractivity contribution in [2.45, 2.75) is 32.1 Å². The number of carbonyl (C=O) groups excluding carboxylic acids is 1. The second-order valence-electron chi connectivity index (χ2n) is 2.61. The average molecular weight is 189 g/mol. The van der Waals surface area contributed by atoms with Gasteiger partial charge in [0.2, 0.25) is 0 Å². The highest BCUT2D eigenvalue weighted by molar-refractivity contribution is 5.67. The molecule has 0 spiro atoms. The van der Waals surface area contributed by atoms with Crippen molar-refractivity contribution in [3.8, 4) is 0 Å². The van der Waals surface area contributed by atoms with Crippen LogP contribution in [0.5, 0.6) is 0 Å². The number of unbranched alkanes of at least 4 members (excludes halogenated alkanes) is 2. The molecule has 0 aromatic rings. The van der Waals surface area contributed by atoms with Crippen LogP contribution in [0.1, 0.15) is 32.1 Å². The topological polar surface area (TPSA) is 97.5 Å². The zero-order chi connectivity index (χ0) is 10.3. The Kier molecular flexibility index (Phi) is 5.42. The predicted octanol–water partition coefficient (Wildman–Crippen LogP) is 0.825. The number of aliphatic carboxylic acids is 1. The Bertz CT molecular complexity index is 213. The lowest BCUT2D eigenvalue weighted by molar-refractivity contribution is -0.402. The van der Waals surface area contributed by atoms with Gasteiger partial charge in [-0.15, -0.1) is 0 Å². The molecule has 0 unspecified atom stereocenters. The highest BCUT2D eigenvalue weighted by Crippen LogP contribution is 2.03. The maximum absolute atomic E-state index is 10.4. The molecule has 0 saturated heterocycles. The number of carboxylic acid groups (broad SMARTS) is 1. The minimum atomic E-state index is -1.00. The third-order valence-electron chi connectivity index (χ3n) is 1.48. The van der Waals surface area contributed by atoms with E-state index in [2.05, 4.69) is 0 Å². The van der Waals surface area contributed by atoms with Gasteiger partial charge >= 0.3 is 11.9 Å². The van der Waals surface area contributed by atoms with Gasteiger partial charge in [0.05, 0.1) is 6.42 Å². The van der Waals surface area contributed by atoms with Crippen LogP contribution in [-0.4, -0.2) is 21.9 Å². The van der Waals surface area contributed by atoms with Crippen LogP contribution in [-0.2, 0) is 9.59 Å². The van der Waals surface area contributed by atoms with Crippen LogP contribution >= 0.6 is 0 Å². The van der Waals surface area contributed by atoms with Crippen molar-refractivity contribution in [2.75, 3.05) is 0 Å². The smallest absolute Gasteiger partial charge is 0.444 e. The molecular weight excluding hydrogens is 178 g/mol. The molecule has 0 heterocycles. The number of carbonyl (C=O) groups is 2. The second kappa shape index (κ2) is 6.10. The molecule has 0 aromatic carbocycles. The van der Waals surface area contributed by atoms with E-state index in [1.807, 2.05) is 0 Å². The van der Waals surface area contributed by atoms with Gasteiger partial charge in [-0.1, -0.05) is 6.42 Å². The van der Waals surface area contributed by atoms with E-state index in [4.69, 9.17) is 5.11 Å². The number of hydrogen-bond donors (Lipinski definition) is 1. The number of nitrogens with zero attached hydrogens (tertiary/aromatic N) is 1. The van der Waals surface area contributed by atoms with Gasteiger partial charge in [-0.3, -0.25) is 14.9 Å². The Labute approximate surface area is 74.7 Å². The maximum Gasteiger partial charge on any atom is 0.444 e. The lowest BCUT2D eigenvalue weighted by Gasteiger charge is -1.94. The van der Waals surface area contributed by atoms with Crippen LogP contribution in [0.4, 0.5) is 0 Å². The molecule has 6 heteroatoms. The zero-order valence-electron chi connectivity index (χ0n) is 7.06. The van der Waals surface area contributed by atoms with Crippen LogP contribution < -0.4 is 0 Å². The van der Waals surface area contributed by atoms with E-state index in [1.54, 1.807) is 0 Å². The summed E-state index contributed by atoms with van der Waals surface area (Å²) in [6.45, 7) is 0. The molecule has 0 aromatic heterocycles. The minimum Gasteiger partial charge on any atom is -0.481 e. The molecule has 1 N–H and O–H groups in total. The first kappa shape index (κ1) is 11.5. The third kappa shape index (κ3) is 6.92. The average Bonchev–Trinajstić information content (AvgIpc) is 2.02. The van der Waals surface area contributed by atoms with Gasteiger partial charge < -0.3 is 5.11 Å². The summed E-state index contributed by atoms with van der Waals surface area (Å²) in [5.41, 5.74) is 0. The highest BCUT2D eigenvalue weighted by atomic mass is 16.6. The number of nitro groups is 1. The molecule has 6 nitrogen and oxygen atoms in total. The van der Waals surface area contributed by atoms with Crippen molar-refractivity contribution in [2.24, 2.45) is 0 Å². The van der Waals surface area contributed by atoms with Gasteiger partial charge in [-0.2, -0.15) is 0 Å². The fraction of sp³-hybridized carbons (Fsp3) is 0.714. The molecule has 0 aliphatic carbocycles. The number of hydrogen-bond acceptors (Lipinski definition) is 4. The Balaban J connectivity index is 3.31. The quantitative estimate of drug-likeness (QED) is 0.379. The molecule has 0 saturated carbocycles. The van der Waals surface area contributed by atoms with Crippen LogP contribution in [0.2, 0.25) is 0 Å². The molecule has 1 amide bonds. The summed E-state index contributed by atoms with van der Waals surface area (Å²) in [5, 5.41) is 18.1. The summed E-state index contributed by atoms with van der Waals surface area (Å²) < 4.78 is 0. The molecule has 74 valence electrons. The Hall–Kier alpha value is -1.46. The molecule has 13 heavy (non-hydrogen) atoms. The first-order valence-corrected chi connectivity index (χ1v) is 3.93. The fourth-order valence-corrected chi connectivity index (χ4v) is 0.821. The van der Waals surface area contributed by atoms with Crippen LogP contribution in [0.25, 0.3) is 0 Å². The molecule has 0 rings (SSSR count). The van der Waals surface area contributed by atoms with Gasteiger partial charge in [-0.05, 0) is 12.8 Å². The number of carboxylic acids is 1. The molecule has 0 atom stereocenters. The van der Waals surface area contributed by atoms with Crippen LogP contribution in [0, 0.1) is 10.1 Å². The second-order valence-corrected chi connectivity index (χ2v) is 2.61. The molecule has 0 radical (unpaired) electrons. The summed E-state index contributed by atoms with van der Waals surface area (Å²) >= 11 is 0. The lowest BCUT2D eigenvalue weighted by atomic mass is 10.1. The maximum atomic E-state index is 10.4. The van der Waals surface area contributed by atoms with E-state index < -0.39 is 16.8 Å². The van der Waals surface area contributed by atoms with Gasteiger partial charge in [0.15, 0.2) is 0 Å². The summed E-state index contributed by atoms with van der Waals surface area (Å²) in [6, 6.07) is 0. The molecular formula is C7H11NO5. The first-order valence-electron chi connectivity index (χ1n) is 3.93. The predicted molar refractivity (Wildman–Crippen MR) is 42.7 cm³/mol. The Morgan fingerprint density at radius 3 is 2.15 bits per heavy atom. The van der Waals surface area contributed by atoms with E-state index in [9.17, 15) is 19.7 Å². The highest BCUT2D eigenvalue weighted by Gasteiger charge is 2.12. The third-order valence-corrected chi connectivity index (χ3v) is 1.48. The molecule has 0 aliphatic heterocycles. The number of rotatable bonds is 6. The largest absolute Gasteiger partial charge is 0.481 e. The van der Waals surface area contributed by atoms with E-state index in [0.29, 0.717) is 19.3 Å². The van der Waals surface area contributed by atoms with Crippen LogP contribution in [0.15, 0.2) is 0 Å². The van der Waals surface area contributed by atoms with Gasteiger partial charge in [0.1, 0.15) is 4.92 Å². The Morgan fingerprint density at radius 1 is 1.15 bits per heavy atom. The van der Waals surface area contributed by atoms with Crippen LogP contribution in [0.3, 0.4) is 0 Å². The molecule has 0 aliphatic rings. The summed E-state index contributed by atoms with van der Waals surface area (Å²) in [6.07, 6.45) is 1.32.